The Labute approximate surface area is 367 Å². The lowest BCUT2D eigenvalue weighted by molar-refractivity contribution is -0.139. The fraction of sp³-hybridized carbons (Fsp3) is 0.511. The monoisotopic (exact) mass is 873 g/mol. The van der Waals surface area contributed by atoms with E-state index in [4.69, 9.17) is 23.9 Å². The van der Waals surface area contributed by atoms with Crippen LogP contribution in [-0.2, 0) is 62.4 Å². The number of nitrogens with one attached hydrogen (secondary N) is 3. The maximum absolute atomic E-state index is 13.8. The average Bonchev–Trinajstić information content (AvgIpc) is 3.62. The molecule has 18 heteroatoms. The lowest BCUT2D eigenvalue weighted by Gasteiger charge is -2.28. The smallest absolute Gasteiger partial charge is 0.305 e. The number of amides is 3. The van der Waals surface area contributed by atoms with Crippen molar-refractivity contribution in [2.45, 2.75) is 76.9 Å². The Kier molecular flexibility index (Phi) is 19.4. The van der Waals surface area contributed by atoms with E-state index in [1.54, 1.807) is 24.3 Å². The molecule has 1 saturated heterocycles. The number of aryl methyl sites for hydroxylation is 2. The quantitative estimate of drug-likeness (QED) is 0.0607. The van der Waals surface area contributed by atoms with Gasteiger partial charge in [-0.1, -0.05) is 24.3 Å². The molecule has 2 atom stereocenters. The summed E-state index contributed by atoms with van der Waals surface area (Å²) in [5.41, 5.74) is 4.06. The van der Waals surface area contributed by atoms with Gasteiger partial charge < -0.3 is 44.9 Å². The molecule has 3 aromatic rings. The molecule has 2 aliphatic rings. The van der Waals surface area contributed by atoms with E-state index in [1.807, 2.05) is 23.1 Å². The van der Waals surface area contributed by atoms with E-state index in [0.29, 0.717) is 89.1 Å². The molecule has 1 fully saturated rings. The first-order chi connectivity index (χ1) is 30.5. The molecule has 5 rings (SSSR count). The third-order valence-corrected chi connectivity index (χ3v) is 10.6. The van der Waals surface area contributed by atoms with Gasteiger partial charge in [-0.05, 0) is 67.5 Å². The number of fused-ring (bicyclic) bond motifs is 1. The van der Waals surface area contributed by atoms with Crippen LogP contribution >= 0.6 is 0 Å². The SMILES string of the molecule is COc1ccc(C(CC(=O)O)NC(=O)CN2CC[C@H](N(CCOCCOCCOCCC(=O)Nc3ccc(CCC(=O)CC(C)=O)cc3)Cc3ccc4c(n3)NCCC4)C2=O)cn1. The minimum Gasteiger partial charge on any atom is -0.481 e. The predicted molar refractivity (Wildman–Crippen MR) is 231 cm³/mol. The Morgan fingerprint density at radius 1 is 0.937 bits per heavy atom. The molecule has 3 amide bonds. The van der Waals surface area contributed by atoms with E-state index in [9.17, 15) is 33.9 Å². The van der Waals surface area contributed by atoms with Crippen LogP contribution < -0.4 is 20.7 Å². The lowest BCUT2D eigenvalue weighted by Crippen LogP contribution is -2.46. The van der Waals surface area contributed by atoms with Crippen LogP contribution in [0.1, 0.15) is 73.9 Å². The Hall–Kier alpha value is -5.82. The van der Waals surface area contributed by atoms with Crippen molar-refractivity contribution in [3.05, 3.63) is 77.1 Å². The fourth-order valence-electron chi connectivity index (χ4n) is 7.30. The Morgan fingerprint density at radius 3 is 2.38 bits per heavy atom. The number of carboxylic acids is 1. The molecule has 63 heavy (non-hydrogen) atoms. The van der Waals surface area contributed by atoms with Crippen LogP contribution in [0.2, 0.25) is 0 Å². The van der Waals surface area contributed by atoms with E-state index in [-0.39, 0.29) is 55.8 Å². The van der Waals surface area contributed by atoms with E-state index >= 15 is 0 Å². The van der Waals surface area contributed by atoms with Gasteiger partial charge >= 0.3 is 5.97 Å². The predicted octanol–water partition coefficient (Wildman–Crippen LogP) is 3.14. The number of carbonyl (C=O) groups excluding carboxylic acids is 5. The fourth-order valence-corrected chi connectivity index (χ4v) is 7.30. The standard InChI is InChI=1S/C45H59N7O11/c1-31(53)26-37(54)13-7-32-5-10-35(11-6-32)48-40(55)16-20-61-22-24-63-25-23-62-21-19-51(29-36-12-8-33-4-3-17-46-44(33)49-36)39-15-18-52(45(39)59)30-41(56)50-38(27-43(57)58)34-9-14-42(60-2)47-28-34/h5-6,8-12,14,28,38-39H,3-4,7,13,15-27,29-30H2,1-2H3,(H,46,49)(H,48,55)(H,50,56)(H,57,58)/t38?,39-/m0/s1. The summed E-state index contributed by atoms with van der Waals surface area (Å²) >= 11 is 0. The third-order valence-electron chi connectivity index (χ3n) is 10.6. The highest BCUT2D eigenvalue weighted by Crippen LogP contribution is 2.24. The second-order valence-corrected chi connectivity index (χ2v) is 15.5. The summed E-state index contributed by atoms with van der Waals surface area (Å²) in [6.07, 6.45) is 4.54. The van der Waals surface area contributed by atoms with Crippen molar-refractivity contribution in [3.63, 3.8) is 0 Å². The highest BCUT2D eigenvalue weighted by molar-refractivity contribution is 5.98. The first kappa shape index (κ1) is 48.2. The van der Waals surface area contributed by atoms with Gasteiger partial charge in [-0.25, -0.2) is 9.97 Å². The topological polar surface area (TPSA) is 228 Å². The number of rotatable bonds is 28. The lowest BCUT2D eigenvalue weighted by atomic mass is 10.0. The van der Waals surface area contributed by atoms with Gasteiger partial charge in [0, 0.05) is 50.6 Å². The third kappa shape index (κ3) is 16.4. The Balaban J connectivity index is 1.01. The molecule has 4 heterocycles. The first-order valence-corrected chi connectivity index (χ1v) is 21.4. The molecule has 0 saturated carbocycles. The highest BCUT2D eigenvalue weighted by atomic mass is 16.5. The highest BCUT2D eigenvalue weighted by Gasteiger charge is 2.37. The first-order valence-electron chi connectivity index (χ1n) is 21.4. The second-order valence-electron chi connectivity index (χ2n) is 15.5. The van der Waals surface area contributed by atoms with E-state index < -0.39 is 24.0 Å². The number of pyridine rings is 2. The van der Waals surface area contributed by atoms with Gasteiger partial charge in [0.2, 0.25) is 23.6 Å². The number of hydrogen-bond donors (Lipinski definition) is 4. The van der Waals surface area contributed by atoms with Gasteiger partial charge in [-0.3, -0.25) is 33.7 Å². The number of nitrogens with zero attached hydrogens (tertiary/aromatic N) is 4. The molecule has 18 nitrogen and oxygen atoms in total. The van der Waals surface area contributed by atoms with Gasteiger partial charge in [0.25, 0.3) is 0 Å². The van der Waals surface area contributed by atoms with E-state index in [1.165, 1.54) is 25.1 Å². The number of benzene rings is 1. The molecule has 340 valence electrons. The van der Waals surface area contributed by atoms with Gasteiger partial charge in [0.05, 0.1) is 90.3 Å². The number of aliphatic carboxylic acids is 1. The summed E-state index contributed by atoms with van der Waals surface area (Å²) in [4.78, 5) is 86.4. The zero-order valence-corrected chi connectivity index (χ0v) is 36.1. The van der Waals surface area contributed by atoms with Crippen molar-refractivity contribution in [2.75, 3.05) is 83.6 Å². The van der Waals surface area contributed by atoms with Crippen LogP contribution in [0.5, 0.6) is 5.88 Å². The molecular formula is C45H59N7O11. The molecular weight excluding hydrogens is 815 g/mol. The summed E-state index contributed by atoms with van der Waals surface area (Å²) in [5, 5.41) is 18.5. The zero-order valence-electron chi connectivity index (χ0n) is 36.1. The molecule has 0 bridgehead atoms. The molecule has 0 spiro atoms. The van der Waals surface area contributed by atoms with Crippen LogP contribution in [-0.4, -0.2) is 139 Å². The maximum atomic E-state index is 13.8. The van der Waals surface area contributed by atoms with Crippen LogP contribution in [0.25, 0.3) is 0 Å². The minimum atomic E-state index is -1.09. The number of Topliss-reactive ketones (excluding diaryl/α,β-unsaturated/α-hetero) is 2. The van der Waals surface area contributed by atoms with Gasteiger partial charge in [-0.15, -0.1) is 0 Å². The van der Waals surface area contributed by atoms with Crippen LogP contribution in [0, 0.1) is 0 Å². The number of carbonyl (C=O) groups is 6. The molecule has 0 aliphatic carbocycles. The number of ether oxygens (including phenoxy) is 4. The van der Waals surface area contributed by atoms with Crippen molar-refractivity contribution < 1.29 is 52.8 Å². The second kappa shape index (κ2) is 25.3. The molecule has 4 N–H and O–H groups in total. The molecule has 0 radical (unpaired) electrons. The number of methoxy groups -OCH3 is 1. The number of carboxylic acid groups (broad SMARTS) is 1. The molecule has 2 aromatic heterocycles. The average molecular weight is 874 g/mol. The van der Waals surface area contributed by atoms with Crippen molar-refractivity contribution in [1.29, 1.82) is 0 Å². The van der Waals surface area contributed by atoms with Gasteiger partial charge in [0.15, 0.2) is 0 Å². The van der Waals surface area contributed by atoms with Crippen molar-refractivity contribution in [1.82, 2.24) is 25.1 Å². The van der Waals surface area contributed by atoms with Crippen molar-refractivity contribution in [2.24, 2.45) is 0 Å². The molecule has 1 unspecified atom stereocenters. The largest absolute Gasteiger partial charge is 0.481 e. The number of hydrogen-bond acceptors (Lipinski definition) is 14. The van der Waals surface area contributed by atoms with Crippen LogP contribution in [0.3, 0.4) is 0 Å². The van der Waals surface area contributed by atoms with E-state index in [2.05, 4.69) is 27.0 Å². The Morgan fingerprint density at radius 2 is 1.68 bits per heavy atom. The minimum absolute atomic E-state index is 0.0436. The van der Waals surface area contributed by atoms with Crippen LogP contribution in [0.15, 0.2) is 54.7 Å². The summed E-state index contributed by atoms with van der Waals surface area (Å²) < 4.78 is 22.2. The van der Waals surface area contributed by atoms with Gasteiger partial charge in [-0.2, -0.15) is 0 Å². The number of ketones is 2. The molecule has 1 aromatic carbocycles. The van der Waals surface area contributed by atoms with Gasteiger partial charge in [0.1, 0.15) is 17.4 Å². The van der Waals surface area contributed by atoms with E-state index in [0.717, 1.165) is 42.0 Å². The maximum Gasteiger partial charge on any atom is 0.305 e. The Bertz CT molecular complexity index is 2000. The normalized spacial score (nSPS) is 15.1. The number of aromatic nitrogens is 2. The summed E-state index contributed by atoms with van der Waals surface area (Å²) in [7, 11) is 1.47. The summed E-state index contributed by atoms with van der Waals surface area (Å²) in [6, 6.07) is 13.2. The zero-order chi connectivity index (χ0) is 45.0. The van der Waals surface area contributed by atoms with Crippen molar-refractivity contribution >= 4 is 46.8 Å². The summed E-state index contributed by atoms with van der Waals surface area (Å²) in [6.45, 7) is 5.00. The van der Waals surface area contributed by atoms with Crippen molar-refractivity contribution in [3.8, 4) is 5.88 Å². The number of anilines is 2. The van der Waals surface area contributed by atoms with Crippen LogP contribution in [0.4, 0.5) is 11.5 Å². The summed E-state index contributed by atoms with van der Waals surface area (Å²) in [5.74, 6) is -0.976. The number of likely N-dealkylation sites (tertiary alicyclic amines) is 1. The molecule has 2 aliphatic heterocycles.